The van der Waals surface area contributed by atoms with Crippen molar-refractivity contribution in [2.24, 2.45) is 0 Å². The maximum Gasteiger partial charge on any atom is 0.161 e. The predicted octanol–water partition coefficient (Wildman–Crippen LogP) is 2.51. The average molecular weight is 350 g/mol. The second-order valence-electron chi connectivity index (χ2n) is 5.55. The van der Waals surface area contributed by atoms with Crippen LogP contribution < -0.4 is 19.5 Å². The van der Waals surface area contributed by atoms with Crippen LogP contribution in [0.2, 0.25) is 5.02 Å². The Morgan fingerprint density at radius 1 is 1.17 bits per heavy atom. The lowest BCUT2D eigenvalue weighted by Crippen LogP contribution is -2.41. The van der Waals surface area contributed by atoms with Gasteiger partial charge in [0.05, 0.1) is 5.02 Å². The largest absolute Gasteiger partial charge is 0.489 e. The van der Waals surface area contributed by atoms with Crippen molar-refractivity contribution < 1.29 is 19.3 Å². The molecule has 0 spiro atoms. The van der Waals surface area contributed by atoms with Crippen LogP contribution in [0, 0.1) is 0 Å². The molecule has 0 amide bonds. The minimum Gasteiger partial charge on any atom is -0.489 e. The molecule has 2 aromatic rings. The Balaban J connectivity index is 1.37. The lowest BCUT2D eigenvalue weighted by Gasteiger charge is -2.27. The normalized spacial score (nSPS) is 17.3. The molecule has 0 saturated heterocycles. The van der Waals surface area contributed by atoms with Gasteiger partial charge in [0, 0.05) is 13.1 Å². The number of nitrogens with one attached hydrogen (secondary N) is 1. The van der Waals surface area contributed by atoms with Gasteiger partial charge in [0.1, 0.15) is 31.2 Å². The van der Waals surface area contributed by atoms with E-state index in [-0.39, 0.29) is 12.7 Å². The van der Waals surface area contributed by atoms with Gasteiger partial charge < -0.3 is 24.6 Å². The highest BCUT2D eigenvalue weighted by Gasteiger charge is 2.20. The van der Waals surface area contributed by atoms with Crippen molar-refractivity contribution in [3.8, 4) is 17.2 Å². The number of benzene rings is 2. The van der Waals surface area contributed by atoms with Gasteiger partial charge in [-0.15, -0.1) is 0 Å². The van der Waals surface area contributed by atoms with Crippen molar-refractivity contribution in [1.29, 1.82) is 0 Å². The molecule has 0 fully saturated rings. The molecular weight excluding hydrogens is 330 g/mol. The molecule has 128 valence electrons. The van der Waals surface area contributed by atoms with Crippen LogP contribution in [-0.2, 0) is 0 Å². The topological polar surface area (TPSA) is 60.0 Å². The van der Waals surface area contributed by atoms with Gasteiger partial charge >= 0.3 is 0 Å². The van der Waals surface area contributed by atoms with E-state index in [0.717, 1.165) is 11.5 Å². The predicted molar refractivity (Wildman–Crippen MR) is 92.2 cm³/mol. The van der Waals surface area contributed by atoms with E-state index >= 15 is 0 Å². The molecule has 2 aromatic carbocycles. The van der Waals surface area contributed by atoms with E-state index < -0.39 is 6.10 Å². The van der Waals surface area contributed by atoms with Crippen LogP contribution in [0.1, 0.15) is 0 Å². The highest BCUT2D eigenvalue weighted by atomic mass is 35.5. The van der Waals surface area contributed by atoms with Gasteiger partial charge in [-0.25, -0.2) is 0 Å². The molecule has 1 heterocycles. The summed E-state index contributed by atoms with van der Waals surface area (Å²) in [6.45, 7) is 1.63. The van der Waals surface area contributed by atoms with Crippen molar-refractivity contribution in [1.82, 2.24) is 5.32 Å². The molecule has 2 N–H and O–H groups in total. The van der Waals surface area contributed by atoms with Crippen molar-refractivity contribution in [3.05, 3.63) is 53.6 Å². The van der Waals surface area contributed by atoms with Crippen LogP contribution >= 0.6 is 11.6 Å². The minimum absolute atomic E-state index is 0.0865. The number of halogens is 1. The van der Waals surface area contributed by atoms with E-state index in [0.29, 0.717) is 30.5 Å². The first-order valence-corrected chi connectivity index (χ1v) is 8.25. The molecule has 24 heavy (non-hydrogen) atoms. The van der Waals surface area contributed by atoms with Gasteiger partial charge in [0.15, 0.2) is 11.5 Å². The van der Waals surface area contributed by atoms with Crippen LogP contribution in [0.3, 0.4) is 0 Å². The molecule has 0 aromatic heterocycles. The fourth-order valence-corrected chi connectivity index (χ4v) is 2.57. The van der Waals surface area contributed by atoms with Crippen LogP contribution in [0.25, 0.3) is 0 Å². The van der Waals surface area contributed by atoms with Crippen molar-refractivity contribution in [3.63, 3.8) is 0 Å². The number of hydrogen-bond acceptors (Lipinski definition) is 5. The molecule has 0 radical (unpaired) electrons. The van der Waals surface area contributed by atoms with Crippen LogP contribution in [0.5, 0.6) is 17.2 Å². The molecule has 0 unspecified atom stereocenters. The van der Waals surface area contributed by atoms with Gasteiger partial charge in [-0.1, -0.05) is 35.9 Å². The number of fused-ring (bicyclic) bond motifs is 1. The molecule has 1 aliphatic heterocycles. The van der Waals surface area contributed by atoms with E-state index in [1.807, 2.05) is 36.4 Å². The molecule has 0 saturated carbocycles. The van der Waals surface area contributed by atoms with Gasteiger partial charge in [-0.2, -0.15) is 0 Å². The standard InChI is InChI=1S/C18H20ClNO4/c19-15-5-1-2-6-16(15)22-11-13(21)9-20-10-14-12-23-17-7-3-4-8-18(17)24-14/h1-8,13-14,20-21H,9-12H2/t13-,14+/m0/s1. The second-order valence-corrected chi connectivity index (χ2v) is 5.96. The summed E-state index contributed by atoms with van der Waals surface area (Å²) in [6, 6.07) is 14.8. The van der Waals surface area contributed by atoms with Crippen molar-refractivity contribution >= 4 is 11.6 Å². The van der Waals surface area contributed by atoms with E-state index in [1.54, 1.807) is 12.1 Å². The summed E-state index contributed by atoms with van der Waals surface area (Å²) in [5, 5.41) is 13.7. The Morgan fingerprint density at radius 3 is 2.75 bits per heavy atom. The first-order chi connectivity index (χ1) is 11.7. The molecule has 2 atom stereocenters. The summed E-state index contributed by atoms with van der Waals surface area (Å²) in [5.41, 5.74) is 0. The number of rotatable bonds is 7. The lowest BCUT2D eigenvalue weighted by molar-refractivity contribution is 0.0778. The summed E-state index contributed by atoms with van der Waals surface area (Å²) in [5.74, 6) is 2.08. The monoisotopic (exact) mass is 349 g/mol. The Bertz CT molecular complexity index is 667. The average Bonchev–Trinajstić information content (AvgIpc) is 2.61. The van der Waals surface area contributed by atoms with Crippen LogP contribution in [0.15, 0.2) is 48.5 Å². The maximum absolute atomic E-state index is 9.99. The number of hydrogen-bond donors (Lipinski definition) is 2. The Morgan fingerprint density at radius 2 is 1.92 bits per heavy atom. The fourth-order valence-electron chi connectivity index (χ4n) is 2.38. The maximum atomic E-state index is 9.99. The molecule has 5 nitrogen and oxygen atoms in total. The minimum atomic E-state index is -0.641. The number of aliphatic hydroxyl groups is 1. The molecule has 6 heteroatoms. The molecule has 1 aliphatic rings. The van der Waals surface area contributed by atoms with Gasteiger partial charge in [-0.05, 0) is 24.3 Å². The SMILES string of the molecule is O[C@@H](CNC[C@@H]1COc2ccccc2O1)COc1ccccc1Cl. The van der Waals surface area contributed by atoms with E-state index in [1.165, 1.54) is 0 Å². The summed E-state index contributed by atoms with van der Waals surface area (Å²) in [7, 11) is 0. The zero-order valence-corrected chi connectivity index (χ0v) is 13.9. The first kappa shape index (κ1) is 16.9. The highest BCUT2D eigenvalue weighted by Crippen LogP contribution is 2.30. The molecular formula is C18H20ClNO4. The highest BCUT2D eigenvalue weighted by molar-refractivity contribution is 6.32. The zero-order chi connectivity index (χ0) is 16.8. The Kier molecular flexibility index (Phi) is 5.80. The molecule has 0 aliphatic carbocycles. The quantitative estimate of drug-likeness (QED) is 0.804. The third-order valence-electron chi connectivity index (χ3n) is 3.59. The molecule has 0 bridgehead atoms. The number of para-hydroxylation sites is 3. The van der Waals surface area contributed by atoms with E-state index in [2.05, 4.69) is 5.32 Å². The summed E-state index contributed by atoms with van der Waals surface area (Å²) in [4.78, 5) is 0. The summed E-state index contributed by atoms with van der Waals surface area (Å²) >= 11 is 6.00. The number of ether oxygens (including phenoxy) is 3. The van der Waals surface area contributed by atoms with E-state index in [9.17, 15) is 5.11 Å². The first-order valence-electron chi connectivity index (χ1n) is 7.87. The summed E-state index contributed by atoms with van der Waals surface area (Å²) < 4.78 is 17.0. The van der Waals surface area contributed by atoms with Crippen LogP contribution in [0.4, 0.5) is 0 Å². The Labute approximate surface area is 146 Å². The zero-order valence-electron chi connectivity index (χ0n) is 13.2. The number of aliphatic hydroxyl groups excluding tert-OH is 1. The second kappa shape index (κ2) is 8.24. The van der Waals surface area contributed by atoms with Crippen LogP contribution in [-0.4, -0.2) is 43.6 Å². The van der Waals surface area contributed by atoms with Gasteiger partial charge in [-0.3, -0.25) is 0 Å². The van der Waals surface area contributed by atoms with Crippen molar-refractivity contribution in [2.75, 3.05) is 26.3 Å². The third kappa shape index (κ3) is 4.54. The Hall–Kier alpha value is -1.95. The summed E-state index contributed by atoms with van der Waals surface area (Å²) in [6.07, 6.45) is -0.727. The van der Waals surface area contributed by atoms with Gasteiger partial charge in [0.25, 0.3) is 0 Å². The fraction of sp³-hybridized carbons (Fsp3) is 0.333. The lowest BCUT2D eigenvalue weighted by atomic mass is 10.2. The molecule has 3 rings (SSSR count). The van der Waals surface area contributed by atoms with Crippen molar-refractivity contribution in [2.45, 2.75) is 12.2 Å². The van der Waals surface area contributed by atoms with Gasteiger partial charge in [0.2, 0.25) is 0 Å². The van der Waals surface area contributed by atoms with E-state index in [4.69, 9.17) is 25.8 Å². The smallest absolute Gasteiger partial charge is 0.161 e. The third-order valence-corrected chi connectivity index (χ3v) is 3.90.